The van der Waals surface area contributed by atoms with Crippen molar-refractivity contribution in [1.82, 2.24) is 4.90 Å². The Morgan fingerprint density at radius 3 is 2.69 bits per heavy atom. The highest BCUT2D eigenvalue weighted by molar-refractivity contribution is 5.75. The highest BCUT2D eigenvalue weighted by Crippen LogP contribution is 2.10. The van der Waals surface area contributed by atoms with Gasteiger partial charge in [-0.2, -0.15) is 0 Å². The van der Waals surface area contributed by atoms with E-state index >= 15 is 0 Å². The molecule has 0 radical (unpaired) electrons. The maximum atomic E-state index is 11.6. The number of rotatable bonds is 5. The fraction of sp³-hybridized carbons (Fsp3) is 0.462. The Labute approximate surface area is 96.7 Å². The van der Waals surface area contributed by atoms with Crippen LogP contribution in [-0.4, -0.2) is 29.6 Å². The van der Waals surface area contributed by atoms with Crippen LogP contribution < -0.4 is 0 Å². The number of amides is 1. The summed E-state index contributed by atoms with van der Waals surface area (Å²) in [6, 6.07) is 8.05. The second-order valence-corrected chi connectivity index (χ2v) is 4.00. The molecule has 0 aliphatic heterocycles. The van der Waals surface area contributed by atoms with Gasteiger partial charge in [0, 0.05) is 26.6 Å². The molecule has 0 bridgehead atoms. The van der Waals surface area contributed by atoms with Crippen LogP contribution in [-0.2, 0) is 11.3 Å². The number of carbonyl (C=O) groups excluding carboxylic acids is 1. The fourth-order valence-electron chi connectivity index (χ4n) is 1.55. The highest BCUT2D eigenvalue weighted by Gasteiger charge is 2.09. The van der Waals surface area contributed by atoms with Gasteiger partial charge in [-0.1, -0.05) is 24.3 Å². The fourth-order valence-corrected chi connectivity index (χ4v) is 1.55. The minimum absolute atomic E-state index is 0.0734. The molecule has 0 atom stereocenters. The Hall–Kier alpha value is -1.35. The molecule has 1 aromatic carbocycles. The van der Waals surface area contributed by atoms with E-state index in [1.54, 1.807) is 11.9 Å². The minimum atomic E-state index is 0.0734. The van der Waals surface area contributed by atoms with Crippen molar-refractivity contribution in [3.8, 4) is 0 Å². The molecule has 3 nitrogen and oxygen atoms in total. The molecular weight excluding hydrogens is 202 g/mol. The minimum Gasteiger partial charge on any atom is -0.396 e. The van der Waals surface area contributed by atoms with Crippen molar-refractivity contribution in [2.75, 3.05) is 13.7 Å². The van der Waals surface area contributed by atoms with Gasteiger partial charge in [-0.05, 0) is 24.5 Å². The summed E-state index contributed by atoms with van der Waals surface area (Å²) in [5.41, 5.74) is 2.37. The molecule has 16 heavy (non-hydrogen) atoms. The molecule has 1 N–H and O–H groups in total. The van der Waals surface area contributed by atoms with Crippen molar-refractivity contribution in [3.63, 3.8) is 0 Å². The largest absolute Gasteiger partial charge is 0.396 e. The van der Waals surface area contributed by atoms with Crippen LogP contribution in [0.5, 0.6) is 0 Å². The SMILES string of the molecule is Cc1ccccc1CN(C)C(=O)CCCO. The van der Waals surface area contributed by atoms with Gasteiger partial charge in [0.1, 0.15) is 0 Å². The van der Waals surface area contributed by atoms with Gasteiger partial charge in [0.25, 0.3) is 0 Å². The number of carbonyl (C=O) groups is 1. The third-order valence-electron chi connectivity index (χ3n) is 2.64. The zero-order chi connectivity index (χ0) is 12.0. The molecule has 0 aliphatic carbocycles. The summed E-state index contributed by atoms with van der Waals surface area (Å²) < 4.78 is 0. The zero-order valence-electron chi connectivity index (χ0n) is 9.94. The molecule has 0 aliphatic rings. The van der Waals surface area contributed by atoms with Crippen LogP contribution in [0.1, 0.15) is 24.0 Å². The average Bonchev–Trinajstić information content (AvgIpc) is 2.28. The molecule has 1 amide bonds. The van der Waals surface area contributed by atoms with Gasteiger partial charge < -0.3 is 10.0 Å². The van der Waals surface area contributed by atoms with E-state index in [1.807, 2.05) is 31.2 Å². The van der Waals surface area contributed by atoms with Crippen molar-refractivity contribution in [2.24, 2.45) is 0 Å². The standard InChI is InChI=1S/C13H19NO2/c1-11-6-3-4-7-12(11)10-14(2)13(16)8-5-9-15/h3-4,6-7,15H,5,8-10H2,1-2H3. The molecule has 0 aromatic heterocycles. The number of aliphatic hydroxyl groups is 1. The molecule has 3 heteroatoms. The quantitative estimate of drug-likeness (QED) is 0.822. The lowest BCUT2D eigenvalue weighted by atomic mass is 10.1. The molecule has 0 fully saturated rings. The lowest BCUT2D eigenvalue weighted by Crippen LogP contribution is -2.26. The van der Waals surface area contributed by atoms with Gasteiger partial charge in [-0.3, -0.25) is 4.79 Å². The van der Waals surface area contributed by atoms with Crippen molar-refractivity contribution < 1.29 is 9.90 Å². The Kier molecular flexibility index (Phi) is 4.99. The van der Waals surface area contributed by atoms with Crippen molar-refractivity contribution in [3.05, 3.63) is 35.4 Å². The van der Waals surface area contributed by atoms with Gasteiger partial charge in [0.2, 0.25) is 5.91 Å². The summed E-state index contributed by atoms with van der Waals surface area (Å²) in [6.45, 7) is 2.75. The average molecular weight is 221 g/mol. The van der Waals surface area contributed by atoms with E-state index in [2.05, 4.69) is 0 Å². The third-order valence-corrected chi connectivity index (χ3v) is 2.64. The van der Waals surface area contributed by atoms with E-state index < -0.39 is 0 Å². The summed E-state index contributed by atoms with van der Waals surface area (Å²) in [5, 5.41) is 8.66. The summed E-state index contributed by atoms with van der Waals surface area (Å²) >= 11 is 0. The van der Waals surface area contributed by atoms with Crippen LogP contribution in [0.2, 0.25) is 0 Å². The summed E-state index contributed by atoms with van der Waals surface area (Å²) in [7, 11) is 1.80. The van der Waals surface area contributed by atoms with Gasteiger partial charge in [-0.25, -0.2) is 0 Å². The van der Waals surface area contributed by atoms with Crippen molar-refractivity contribution in [2.45, 2.75) is 26.3 Å². The summed E-state index contributed by atoms with van der Waals surface area (Å²) in [6.07, 6.45) is 0.954. The van der Waals surface area contributed by atoms with Gasteiger partial charge in [0.15, 0.2) is 0 Å². The maximum absolute atomic E-state index is 11.6. The first kappa shape index (κ1) is 12.7. The van der Waals surface area contributed by atoms with Crippen LogP contribution in [0.25, 0.3) is 0 Å². The first-order valence-corrected chi connectivity index (χ1v) is 5.54. The van der Waals surface area contributed by atoms with Crippen molar-refractivity contribution >= 4 is 5.91 Å². The van der Waals surface area contributed by atoms with Crippen molar-refractivity contribution in [1.29, 1.82) is 0 Å². The van der Waals surface area contributed by atoms with Gasteiger partial charge in [-0.15, -0.1) is 0 Å². The number of aliphatic hydroxyl groups excluding tert-OH is 1. The number of hydrogen-bond acceptors (Lipinski definition) is 2. The zero-order valence-corrected chi connectivity index (χ0v) is 9.94. The van der Waals surface area contributed by atoms with Crippen LogP contribution in [0.4, 0.5) is 0 Å². The third kappa shape index (κ3) is 3.66. The van der Waals surface area contributed by atoms with Crippen LogP contribution in [0.15, 0.2) is 24.3 Å². The summed E-state index contributed by atoms with van der Waals surface area (Å²) in [5.74, 6) is 0.0808. The topological polar surface area (TPSA) is 40.5 Å². The molecule has 0 saturated heterocycles. The molecule has 0 unspecified atom stereocenters. The lowest BCUT2D eigenvalue weighted by molar-refractivity contribution is -0.130. The van der Waals surface area contributed by atoms with Gasteiger partial charge in [0.05, 0.1) is 0 Å². The second-order valence-electron chi connectivity index (χ2n) is 4.00. The number of nitrogens with zero attached hydrogens (tertiary/aromatic N) is 1. The second kappa shape index (κ2) is 6.28. The number of aryl methyl sites for hydroxylation is 1. The molecule has 1 rings (SSSR count). The molecule has 0 heterocycles. The molecule has 0 saturated carbocycles. The highest BCUT2D eigenvalue weighted by atomic mass is 16.3. The smallest absolute Gasteiger partial charge is 0.222 e. The van der Waals surface area contributed by atoms with E-state index in [9.17, 15) is 4.79 Å². The van der Waals surface area contributed by atoms with Crippen LogP contribution >= 0.6 is 0 Å². The van der Waals surface area contributed by atoms with Crippen LogP contribution in [0.3, 0.4) is 0 Å². The molecular formula is C13H19NO2. The van der Waals surface area contributed by atoms with E-state index in [4.69, 9.17) is 5.11 Å². The predicted octanol–water partition coefficient (Wildman–Crippen LogP) is 1.73. The monoisotopic (exact) mass is 221 g/mol. The Balaban J connectivity index is 2.54. The normalized spacial score (nSPS) is 10.2. The number of hydrogen-bond donors (Lipinski definition) is 1. The predicted molar refractivity (Wildman–Crippen MR) is 64.0 cm³/mol. The van der Waals surface area contributed by atoms with Gasteiger partial charge >= 0.3 is 0 Å². The molecule has 0 spiro atoms. The maximum Gasteiger partial charge on any atom is 0.222 e. The first-order chi connectivity index (χ1) is 7.65. The van der Waals surface area contributed by atoms with Crippen LogP contribution in [0, 0.1) is 6.92 Å². The van der Waals surface area contributed by atoms with E-state index in [0.29, 0.717) is 19.4 Å². The summed E-state index contributed by atoms with van der Waals surface area (Å²) in [4.78, 5) is 13.3. The molecule has 1 aromatic rings. The molecule has 88 valence electrons. The Morgan fingerprint density at radius 1 is 1.38 bits per heavy atom. The van der Waals surface area contributed by atoms with E-state index in [1.165, 1.54) is 11.1 Å². The first-order valence-electron chi connectivity index (χ1n) is 5.54. The van der Waals surface area contributed by atoms with E-state index in [0.717, 1.165) is 0 Å². The Bertz CT molecular complexity index is 350. The Morgan fingerprint density at radius 2 is 2.06 bits per heavy atom. The lowest BCUT2D eigenvalue weighted by Gasteiger charge is -2.18. The number of benzene rings is 1. The van der Waals surface area contributed by atoms with E-state index in [-0.39, 0.29) is 12.5 Å².